The van der Waals surface area contributed by atoms with Crippen molar-refractivity contribution >= 4 is 42.6 Å². The summed E-state index contributed by atoms with van der Waals surface area (Å²) < 4.78 is 36.0. The maximum Gasteiger partial charge on any atom is 0.290 e. The number of sulfone groups is 1. The third-order valence-electron chi connectivity index (χ3n) is 5.15. The summed E-state index contributed by atoms with van der Waals surface area (Å²) >= 11 is 3.26. The van der Waals surface area contributed by atoms with E-state index in [9.17, 15) is 13.2 Å². The number of fused-ring (bicyclic) bond motifs is 1. The Bertz CT molecular complexity index is 1160. The summed E-state index contributed by atoms with van der Waals surface area (Å²) in [5.74, 6) is 0.547. The van der Waals surface area contributed by atoms with E-state index in [2.05, 4.69) is 15.9 Å². The second kappa shape index (κ2) is 7.08. The van der Waals surface area contributed by atoms with E-state index >= 15 is 0 Å². The standard InChI is InChI=1S/C20H20BrNO5S/c1-12-3-5-16-13(2)19(27-17(16)9-12)20(23)22(10-15-4-6-18(21)26-15)14-7-8-28(24,25)11-14/h3-6,9,14H,7-8,10-11H2,1-2H3/t14-/m1/s1. The van der Waals surface area contributed by atoms with Gasteiger partial charge in [0.1, 0.15) is 11.3 Å². The van der Waals surface area contributed by atoms with Gasteiger partial charge in [-0.1, -0.05) is 12.1 Å². The van der Waals surface area contributed by atoms with Gasteiger partial charge < -0.3 is 13.7 Å². The molecule has 8 heteroatoms. The molecule has 28 heavy (non-hydrogen) atoms. The van der Waals surface area contributed by atoms with Gasteiger partial charge >= 0.3 is 0 Å². The number of aryl methyl sites for hydroxylation is 2. The Balaban J connectivity index is 1.73. The van der Waals surface area contributed by atoms with Crippen molar-refractivity contribution in [2.75, 3.05) is 11.5 Å². The number of carbonyl (C=O) groups is 1. The molecule has 6 nitrogen and oxygen atoms in total. The Morgan fingerprint density at radius 1 is 1.21 bits per heavy atom. The van der Waals surface area contributed by atoms with Crippen molar-refractivity contribution in [2.24, 2.45) is 0 Å². The molecule has 1 saturated heterocycles. The van der Waals surface area contributed by atoms with E-state index in [1.165, 1.54) is 0 Å². The fourth-order valence-corrected chi connectivity index (χ4v) is 5.73. The highest BCUT2D eigenvalue weighted by Gasteiger charge is 2.37. The second-order valence-corrected chi connectivity index (χ2v) is 10.3. The van der Waals surface area contributed by atoms with Crippen molar-refractivity contribution in [1.82, 2.24) is 4.90 Å². The van der Waals surface area contributed by atoms with E-state index in [1.807, 2.05) is 32.0 Å². The number of carbonyl (C=O) groups excluding carboxylic acids is 1. The molecular weight excluding hydrogens is 446 g/mol. The van der Waals surface area contributed by atoms with Gasteiger partial charge in [0.05, 0.1) is 18.1 Å². The lowest BCUT2D eigenvalue weighted by Crippen LogP contribution is -2.40. The molecule has 2 aromatic heterocycles. The summed E-state index contributed by atoms with van der Waals surface area (Å²) in [5, 5.41) is 0.883. The van der Waals surface area contributed by atoms with Crippen LogP contribution >= 0.6 is 15.9 Å². The Hall–Kier alpha value is -2.06. The summed E-state index contributed by atoms with van der Waals surface area (Å²) in [6.45, 7) is 3.99. The SMILES string of the molecule is Cc1ccc2c(C)c(C(=O)N(Cc3ccc(Br)o3)[C@@H]3CCS(=O)(=O)C3)oc2c1. The fraction of sp³-hybridized carbons (Fsp3) is 0.350. The molecule has 1 aliphatic heterocycles. The van der Waals surface area contributed by atoms with Gasteiger partial charge in [0.2, 0.25) is 0 Å². The van der Waals surface area contributed by atoms with Crippen molar-refractivity contribution in [2.45, 2.75) is 32.9 Å². The molecule has 3 heterocycles. The molecule has 0 spiro atoms. The summed E-state index contributed by atoms with van der Waals surface area (Å²) in [6, 6.07) is 8.92. The Kier molecular flexibility index (Phi) is 4.87. The van der Waals surface area contributed by atoms with E-state index in [0.717, 1.165) is 16.5 Å². The quantitative estimate of drug-likeness (QED) is 0.575. The van der Waals surface area contributed by atoms with Crippen molar-refractivity contribution in [3.63, 3.8) is 0 Å². The van der Waals surface area contributed by atoms with Crippen molar-refractivity contribution in [3.05, 3.63) is 57.6 Å². The van der Waals surface area contributed by atoms with Crippen LogP contribution in [-0.4, -0.2) is 36.8 Å². The molecule has 1 atom stereocenters. The monoisotopic (exact) mass is 465 g/mol. The molecule has 4 rings (SSSR count). The minimum Gasteiger partial charge on any atom is -0.452 e. The Morgan fingerprint density at radius 3 is 2.64 bits per heavy atom. The van der Waals surface area contributed by atoms with Crippen LogP contribution in [0.15, 0.2) is 43.8 Å². The van der Waals surface area contributed by atoms with Crippen LogP contribution in [0.5, 0.6) is 0 Å². The molecular formula is C20H20BrNO5S. The molecule has 0 bridgehead atoms. The topological polar surface area (TPSA) is 80.7 Å². The molecule has 1 amide bonds. The van der Waals surface area contributed by atoms with E-state index in [0.29, 0.717) is 22.4 Å². The molecule has 1 aromatic carbocycles. The minimum absolute atomic E-state index is 0.0427. The van der Waals surface area contributed by atoms with E-state index in [-0.39, 0.29) is 29.7 Å². The number of furan rings is 2. The van der Waals surface area contributed by atoms with Gasteiger partial charge in [-0.25, -0.2) is 8.42 Å². The smallest absolute Gasteiger partial charge is 0.290 e. The summed E-state index contributed by atoms with van der Waals surface area (Å²) in [7, 11) is -3.15. The Labute approximate surface area is 171 Å². The summed E-state index contributed by atoms with van der Waals surface area (Å²) in [5.41, 5.74) is 2.45. The van der Waals surface area contributed by atoms with E-state index < -0.39 is 15.9 Å². The predicted molar refractivity (Wildman–Crippen MR) is 109 cm³/mol. The van der Waals surface area contributed by atoms with Crippen LogP contribution < -0.4 is 0 Å². The molecule has 0 saturated carbocycles. The average molecular weight is 466 g/mol. The van der Waals surface area contributed by atoms with E-state index in [4.69, 9.17) is 8.83 Å². The normalized spacial score (nSPS) is 18.6. The zero-order chi connectivity index (χ0) is 20.1. The first kappa shape index (κ1) is 19.3. The molecule has 0 N–H and O–H groups in total. The van der Waals surface area contributed by atoms with Crippen molar-refractivity contribution in [3.8, 4) is 0 Å². The highest BCUT2D eigenvalue weighted by atomic mass is 79.9. The summed E-state index contributed by atoms with van der Waals surface area (Å²) in [6.07, 6.45) is 0.411. The van der Waals surface area contributed by atoms with Gasteiger partial charge in [-0.2, -0.15) is 0 Å². The highest BCUT2D eigenvalue weighted by molar-refractivity contribution is 9.10. The van der Waals surface area contributed by atoms with Crippen LogP contribution in [0.4, 0.5) is 0 Å². The number of hydrogen-bond acceptors (Lipinski definition) is 5. The highest BCUT2D eigenvalue weighted by Crippen LogP contribution is 2.30. The van der Waals surface area contributed by atoms with Crippen molar-refractivity contribution < 1.29 is 22.0 Å². The summed E-state index contributed by atoms with van der Waals surface area (Å²) in [4.78, 5) is 15.0. The zero-order valence-corrected chi connectivity index (χ0v) is 18.0. The number of hydrogen-bond donors (Lipinski definition) is 0. The van der Waals surface area contributed by atoms with Crippen LogP contribution in [-0.2, 0) is 16.4 Å². The zero-order valence-electron chi connectivity index (χ0n) is 15.6. The molecule has 0 aliphatic carbocycles. The first-order valence-electron chi connectivity index (χ1n) is 8.99. The number of halogens is 1. The fourth-order valence-electron chi connectivity index (χ4n) is 3.66. The number of benzene rings is 1. The molecule has 1 aliphatic rings. The number of rotatable bonds is 4. The second-order valence-electron chi connectivity index (χ2n) is 7.25. The molecule has 148 valence electrons. The maximum atomic E-state index is 13.4. The van der Waals surface area contributed by atoms with Crippen LogP contribution in [0, 0.1) is 13.8 Å². The first-order valence-corrected chi connectivity index (χ1v) is 11.6. The molecule has 0 unspecified atom stereocenters. The molecule has 1 fully saturated rings. The van der Waals surface area contributed by atoms with Gasteiger partial charge in [-0.15, -0.1) is 0 Å². The largest absolute Gasteiger partial charge is 0.452 e. The van der Waals surface area contributed by atoms with Gasteiger partial charge in [0, 0.05) is 17.0 Å². The van der Waals surface area contributed by atoms with Crippen LogP contribution in [0.3, 0.4) is 0 Å². The predicted octanol–water partition coefficient (Wildman–Crippen LogP) is 4.23. The first-order chi connectivity index (χ1) is 13.2. The minimum atomic E-state index is -3.15. The lowest BCUT2D eigenvalue weighted by Gasteiger charge is -2.26. The lowest BCUT2D eigenvalue weighted by molar-refractivity contribution is 0.0634. The van der Waals surface area contributed by atoms with Crippen molar-refractivity contribution in [1.29, 1.82) is 0 Å². The maximum absolute atomic E-state index is 13.4. The van der Waals surface area contributed by atoms with Gasteiger partial charge in [0.15, 0.2) is 20.3 Å². The third kappa shape index (κ3) is 3.63. The lowest BCUT2D eigenvalue weighted by atomic mass is 10.1. The number of amides is 1. The molecule has 3 aromatic rings. The molecule has 0 radical (unpaired) electrons. The third-order valence-corrected chi connectivity index (χ3v) is 7.33. The van der Waals surface area contributed by atoms with E-state index in [1.54, 1.807) is 17.0 Å². The van der Waals surface area contributed by atoms with Crippen LogP contribution in [0.2, 0.25) is 0 Å². The Morgan fingerprint density at radius 2 is 2.00 bits per heavy atom. The van der Waals surface area contributed by atoms with Crippen LogP contribution in [0.25, 0.3) is 11.0 Å². The average Bonchev–Trinajstić information content (AvgIpc) is 3.29. The number of nitrogens with zero attached hydrogens (tertiary/aromatic N) is 1. The van der Waals surface area contributed by atoms with Crippen LogP contribution in [0.1, 0.15) is 33.9 Å². The van der Waals surface area contributed by atoms with Gasteiger partial charge in [-0.3, -0.25) is 4.79 Å². The van der Waals surface area contributed by atoms with Gasteiger partial charge in [0.25, 0.3) is 5.91 Å². The van der Waals surface area contributed by atoms with Gasteiger partial charge in [-0.05, 0) is 60.0 Å².